The average molecular weight is 219 g/mol. The van der Waals surface area contributed by atoms with Gasteiger partial charge in [-0.1, -0.05) is 13.3 Å². The predicted molar refractivity (Wildman–Crippen MR) is 66.4 cm³/mol. The van der Waals surface area contributed by atoms with Crippen molar-refractivity contribution in [2.75, 3.05) is 5.32 Å². The summed E-state index contributed by atoms with van der Waals surface area (Å²) >= 11 is 0. The molecule has 1 aliphatic rings. The molecule has 2 rings (SSSR count). The van der Waals surface area contributed by atoms with E-state index in [-0.39, 0.29) is 0 Å². The molecule has 0 atom stereocenters. The summed E-state index contributed by atoms with van der Waals surface area (Å²) in [5.41, 5.74) is 1.03. The molecule has 16 heavy (non-hydrogen) atoms. The minimum atomic E-state index is 0.608. The zero-order chi connectivity index (χ0) is 11.4. The van der Waals surface area contributed by atoms with Gasteiger partial charge in [0.1, 0.15) is 12.1 Å². The van der Waals surface area contributed by atoms with Crippen LogP contribution in [0.1, 0.15) is 44.7 Å². The van der Waals surface area contributed by atoms with Gasteiger partial charge in [0, 0.05) is 17.8 Å². The summed E-state index contributed by atoms with van der Waals surface area (Å²) in [6.45, 7) is 4.30. The lowest BCUT2D eigenvalue weighted by atomic mass is 9.84. The Balaban J connectivity index is 1.87. The summed E-state index contributed by atoms with van der Waals surface area (Å²) in [6.07, 6.45) is 8.24. The van der Waals surface area contributed by atoms with Gasteiger partial charge >= 0.3 is 0 Å². The van der Waals surface area contributed by atoms with Crippen molar-refractivity contribution in [1.29, 1.82) is 0 Å². The Kier molecular flexibility index (Phi) is 3.75. The maximum Gasteiger partial charge on any atom is 0.129 e. The average Bonchev–Trinajstić information content (AvgIpc) is 2.30. The third-order valence-corrected chi connectivity index (χ3v) is 3.58. The van der Waals surface area contributed by atoms with Gasteiger partial charge in [-0.15, -0.1) is 0 Å². The highest BCUT2D eigenvalue weighted by molar-refractivity contribution is 5.35. The summed E-state index contributed by atoms with van der Waals surface area (Å²) in [5, 5.41) is 3.52. The molecule has 88 valence electrons. The maximum absolute atomic E-state index is 4.25. The molecule has 0 radical (unpaired) electrons. The zero-order valence-corrected chi connectivity index (χ0v) is 10.2. The Hall–Kier alpha value is -1.12. The highest BCUT2D eigenvalue weighted by atomic mass is 15.0. The third kappa shape index (κ3) is 2.94. The number of nitrogens with one attached hydrogen (secondary N) is 1. The van der Waals surface area contributed by atoms with Gasteiger partial charge in [0.15, 0.2) is 0 Å². The first kappa shape index (κ1) is 11.4. The SMILES string of the molecule is CCC1CCC(Nc2cc(C)ncn2)CC1. The van der Waals surface area contributed by atoms with Crippen molar-refractivity contribution in [2.24, 2.45) is 5.92 Å². The lowest BCUT2D eigenvalue weighted by molar-refractivity contribution is 0.330. The van der Waals surface area contributed by atoms with Crippen LogP contribution in [0.4, 0.5) is 5.82 Å². The molecule has 1 fully saturated rings. The Morgan fingerprint density at radius 2 is 2.00 bits per heavy atom. The quantitative estimate of drug-likeness (QED) is 0.848. The largest absolute Gasteiger partial charge is 0.367 e. The highest BCUT2D eigenvalue weighted by Crippen LogP contribution is 2.27. The first-order chi connectivity index (χ1) is 7.78. The fourth-order valence-corrected chi connectivity index (χ4v) is 2.46. The molecule has 1 aromatic heterocycles. The fraction of sp³-hybridized carbons (Fsp3) is 0.692. The molecule has 1 saturated carbocycles. The van der Waals surface area contributed by atoms with Crippen molar-refractivity contribution in [1.82, 2.24) is 9.97 Å². The van der Waals surface area contributed by atoms with Gasteiger partial charge < -0.3 is 5.32 Å². The van der Waals surface area contributed by atoms with E-state index in [1.54, 1.807) is 6.33 Å². The number of anilines is 1. The predicted octanol–water partition coefficient (Wildman–Crippen LogP) is 3.17. The summed E-state index contributed by atoms with van der Waals surface area (Å²) in [4.78, 5) is 8.36. The van der Waals surface area contributed by atoms with Crippen LogP contribution in [-0.2, 0) is 0 Å². The first-order valence-electron chi connectivity index (χ1n) is 6.33. The summed E-state index contributed by atoms with van der Waals surface area (Å²) in [6, 6.07) is 2.63. The molecule has 0 bridgehead atoms. The molecule has 0 aromatic carbocycles. The van der Waals surface area contributed by atoms with Crippen LogP contribution in [0.15, 0.2) is 12.4 Å². The molecule has 1 aromatic rings. The Morgan fingerprint density at radius 3 is 2.62 bits per heavy atom. The second kappa shape index (κ2) is 5.28. The lowest BCUT2D eigenvalue weighted by Crippen LogP contribution is -2.26. The van der Waals surface area contributed by atoms with E-state index in [9.17, 15) is 0 Å². The third-order valence-electron chi connectivity index (χ3n) is 3.58. The van der Waals surface area contributed by atoms with Crippen molar-refractivity contribution in [2.45, 2.75) is 52.0 Å². The van der Waals surface area contributed by atoms with E-state index in [1.807, 2.05) is 13.0 Å². The molecule has 0 amide bonds. The van der Waals surface area contributed by atoms with Gasteiger partial charge in [0.2, 0.25) is 0 Å². The minimum absolute atomic E-state index is 0.608. The van der Waals surface area contributed by atoms with E-state index < -0.39 is 0 Å². The van der Waals surface area contributed by atoms with Crippen molar-refractivity contribution in [3.63, 3.8) is 0 Å². The summed E-state index contributed by atoms with van der Waals surface area (Å²) < 4.78 is 0. The minimum Gasteiger partial charge on any atom is -0.367 e. The van der Waals surface area contributed by atoms with Crippen molar-refractivity contribution < 1.29 is 0 Å². The standard InChI is InChI=1S/C13H21N3/c1-3-11-4-6-12(7-5-11)16-13-8-10(2)14-9-15-13/h8-9,11-12H,3-7H2,1-2H3,(H,14,15,16). The number of aryl methyl sites for hydroxylation is 1. The van der Waals surface area contributed by atoms with Crippen LogP contribution in [0.5, 0.6) is 0 Å². The summed E-state index contributed by atoms with van der Waals surface area (Å²) in [5.74, 6) is 1.93. The van der Waals surface area contributed by atoms with Crippen LogP contribution in [0, 0.1) is 12.8 Å². The van der Waals surface area contributed by atoms with Crippen LogP contribution in [0.3, 0.4) is 0 Å². The van der Waals surface area contributed by atoms with E-state index in [1.165, 1.54) is 32.1 Å². The molecular weight excluding hydrogens is 198 g/mol. The summed E-state index contributed by atoms with van der Waals surface area (Å²) in [7, 11) is 0. The first-order valence-corrected chi connectivity index (χ1v) is 6.33. The Morgan fingerprint density at radius 1 is 1.25 bits per heavy atom. The van der Waals surface area contributed by atoms with Gasteiger partial charge in [-0.05, 0) is 38.5 Å². The number of rotatable bonds is 3. The molecule has 1 heterocycles. The number of nitrogens with zero attached hydrogens (tertiary/aromatic N) is 2. The molecule has 0 spiro atoms. The van der Waals surface area contributed by atoms with Gasteiger partial charge in [-0.2, -0.15) is 0 Å². The van der Waals surface area contributed by atoms with E-state index in [0.29, 0.717) is 6.04 Å². The monoisotopic (exact) mass is 219 g/mol. The lowest BCUT2D eigenvalue weighted by Gasteiger charge is -2.28. The molecule has 0 unspecified atom stereocenters. The number of hydrogen-bond acceptors (Lipinski definition) is 3. The van der Waals surface area contributed by atoms with E-state index in [4.69, 9.17) is 0 Å². The second-order valence-corrected chi connectivity index (χ2v) is 4.81. The molecule has 0 saturated heterocycles. The van der Waals surface area contributed by atoms with Crippen LogP contribution < -0.4 is 5.32 Å². The maximum atomic E-state index is 4.25. The Labute approximate surface area is 97.7 Å². The smallest absolute Gasteiger partial charge is 0.129 e. The Bertz CT molecular complexity index is 330. The zero-order valence-electron chi connectivity index (χ0n) is 10.2. The van der Waals surface area contributed by atoms with Gasteiger partial charge in [-0.3, -0.25) is 0 Å². The molecule has 3 nitrogen and oxygen atoms in total. The number of hydrogen-bond donors (Lipinski definition) is 1. The van der Waals surface area contributed by atoms with E-state index in [2.05, 4.69) is 22.2 Å². The van der Waals surface area contributed by atoms with E-state index in [0.717, 1.165) is 17.4 Å². The van der Waals surface area contributed by atoms with Crippen molar-refractivity contribution in [3.8, 4) is 0 Å². The molecule has 0 aliphatic heterocycles. The van der Waals surface area contributed by atoms with Crippen LogP contribution in [-0.4, -0.2) is 16.0 Å². The normalized spacial score (nSPS) is 25.4. The molecule has 1 N–H and O–H groups in total. The number of aromatic nitrogens is 2. The molecule has 3 heteroatoms. The second-order valence-electron chi connectivity index (χ2n) is 4.81. The topological polar surface area (TPSA) is 37.8 Å². The van der Waals surface area contributed by atoms with Crippen molar-refractivity contribution in [3.05, 3.63) is 18.1 Å². The molecule has 1 aliphatic carbocycles. The van der Waals surface area contributed by atoms with E-state index >= 15 is 0 Å². The highest BCUT2D eigenvalue weighted by Gasteiger charge is 2.19. The van der Waals surface area contributed by atoms with Crippen LogP contribution in [0.25, 0.3) is 0 Å². The van der Waals surface area contributed by atoms with Gasteiger partial charge in [0.25, 0.3) is 0 Å². The van der Waals surface area contributed by atoms with Crippen molar-refractivity contribution >= 4 is 5.82 Å². The van der Waals surface area contributed by atoms with Crippen LogP contribution in [0.2, 0.25) is 0 Å². The molecular formula is C13H21N3. The van der Waals surface area contributed by atoms with Crippen LogP contribution >= 0.6 is 0 Å². The fourth-order valence-electron chi connectivity index (χ4n) is 2.46. The van der Waals surface area contributed by atoms with Gasteiger partial charge in [-0.25, -0.2) is 9.97 Å². The van der Waals surface area contributed by atoms with Gasteiger partial charge in [0.05, 0.1) is 0 Å².